The van der Waals surface area contributed by atoms with Crippen LogP contribution in [0.4, 0.5) is 0 Å². The van der Waals surface area contributed by atoms with E-state index in [1.165, 1.54) is 32.7 Å². The molecule has 0 unspecified atom stereocenters. The van der Waals surface area contributed by atoms with E-state index in [1.54, 1.807) is 12.1 Å². The van der Waals surface area contributed by atoms with Crippen molar-refractivity contribution in [3.8, 4) is 22.6 Å². The molecule has 0 saturated heterocycles. The number of methoxy groups -OCH3 is 2. The lowest BCUT2D eigenvalue weighted by molar-refractivity contribution is 0.0697. The molecule has 0 atom stereocenters. The van der Waals surface area contributed by atoms with E-state index in [1.807, 2.05) is 0 Å². The normalized spacial score (nSPS) is 10.2. The number of ether oxygens (including phenoxy) is 2. The lowest BCUT2D eigenvalue weighted by atomic mass is 10.0. The van der Waals surface area contributed by atoms with Crippen molar-refractivity contribution >= 4 is 17.6 Å². The molecule has 0 amide bonds. The van der Waals surface area contributed by atoms with Gasteiger partial charge in [-0.25, -0.2) is 4.79 Å². The summed E-state index contributed by atoms with van der Waals surface area (Å²) in [6, 6.07) is 4.76. The van der Waals surface area contributed by atoms with Crippen LogP contribution < -0.4 is 9.47 Å². The minimum Gasteiger partial charge on any atom is -0.495 e. The second-order valence-electron chi connectivity index (χ2n) is 3.89. The van der Waals surface area contributed by atoms with E-state index in [0.29, 0.717) is 22.6 Å². The van der Waals surface area contributed by atoms with Crippen molar-refractivity contribution < 1.29 is 19.4 Å². The van der Waals surface area contributed by atoms with Crippen molar-refractivity contribution in [3.63, 3.8) is 0 Å². The summed E-state index contributed by atoms with van der Waals surface area (Å²) in [4.78, 5) is 15.2. The molecule has 2 rings (SSSR count). The maximum Gasteiger partial charge on any atom is 0.336 e. The molecule has 1 aromatic heterocycles. The third-order valence-corrected chi connectivity index (χ3v) is 3.19. The Bertz CT molecular complexity index is 658. The molecule has 6 heteroatoms. The van der Waals surface area contributed by atoms with Gasteiger partial charge in [-0.1, -0.05) is 11.6 Å². The second-order valence-corrected chi connectivity index (χ2v) is 4.27. The van der Waals surface area contributed by atoms with Crippen molar-refractivity contribution in [2.24, 2.45) is 0 Å². The lowest BCUT2D eigenvalue weighted by Gasteiger charge is -2.14. The van der Waals surface area contributed by atoms with Gasteiger partial charge in [0.1, 0.15) is 16.5 Å². The zero-order chi connectivity index (χ0) is 14.7. The van der Waals surface area contributed by atoms with Crippen molar-refractivity contribution in [1.29, 1.82) is 0 Å². The molecule has 1 aromatic carbocycles. The first-order chi connectivity index (χ1) is 9.60. The Morgan fingerprint density at radius 2 is 1.95 bits per heavy atom. The molecular weight excluding hydrogens is 282 g/mol. The van der Waals surface area contributed by atoms with Gasteiger partial charge in [-0.05, 0) is 18.2 Å². The molecule has 0 aliphatic heterocycles. The van der Waals surface area contributed by atoms with E-state index in [2.05, 4.69) is 4.98 Å². The number of benzene rings is 1. The molecular formula is C14H12ClNO4. The fourth-order valence-electron chi connectivity index (χ4n) is 1.90. The molecule has 0 spiro atoms. The molecule has 0 fully saturated rings. The molecule has 0 aliphatic carbocycles. The number of nitrogens with zero attached hydrogens (tertiary/aromatic N) is 1. The van der Waals surface area contributed by atoms with E-state index < -0.39 is 5.97 Å². The summed E-state index contributed by atoms with van der Waals surface area (Å²) in [5.74, 6) is -0.244. The Morgan fingerprint density at radius 1 is 1.20 bits per heavy atom. The van der Waals surface area contributed by atoms with Gasteiger partial charge in [-0.2, -0.15) is 0 Å². The van der Waals surface area contributed by atoms with Crippen LogP contribution in [0.25, 0.3) is 11.1 Å². The molecule has 20 heavy (non-hydrogen) atoms. The van der Waals surface area contributed by atoms with E-state index in [9.17, 15) is 9.90 Å². The molecule has 5 nitrogen and oxygen atoms in total. The van der Waals surface area contributed by atoms with Gasteiger partial charge in [-0.3, -0.25) is 4.98 Å². The summed E-state index contributed by atoms with van der Waals surface area (Å²) in [5.41, 5.74) is 1.10. The highest BCUT2D eigenvalue weighted by atomic mass is 35.5. The maximum absolute atomic E-state index is 11.3. The zero-order valence-corrected chi connectivity index (χ0v) is 11.6. The standard InChI is InChI=1S/C14H12ClNO4/c1-19-11-4-3-8(13(20-2)12(11)15)10-7-16-6-5-9(10)14(17)18/h3-7H,1-2H3,(H,17,18). The summed E-state index contributed by atoms with van der Waals surface area (Å²) in [6.45, 7) is 0. The van der Waals surface area contributed by atoms with Crippen LogP contribution in [0.15, 0.2) is 30.6 Å². The van der Waals surface area contributed by atoms with Gasteiger partial charge in [0.15, 0.2) is 0 Å². The molecule has 0 saturated carbocycles. The number of pyridine rings is 1. The first-order valence-corrected chi connectivity index (χ1v) is 6.06. The van der Waals surface area contributed by atoms with Crippen LogP contribution in [-0.4, -0.2) is 30.3 Å². The van der Waals surface area contributed by atoms with Crippen LogP contribution in [0.3, 0.4) is 0 Å². The molecule has 1 N–H and O–H groups in total. The van der Waals surface area contributed by atoms with Gasteiger partial charge < -0.3 is 14.6 Å². The average Bonchev–Trinajstić information content (AvgIpc) is 2.46. The Morgan fingerprint density at radius 3 is 2.55 bits per heavy atom. The monoisotopic (exact) mass is 293 g/mol. The second kappa shape index (κ2) is 5.79. The average molecular weight is 294 g/mol. The Hall–Kier alpha value is -2.27. The fraction of sp³-hybridized carbons (Fsp3) is 0.143. The summed E-state index contributed by atoms with van der Waals surface area (Å²) in [5, 5.41) is 9.52. The van der Waals surface area contributed by atoms with E-state index >= 15 is 0 Å². The Balaban J connectivity index is 2.71. The number of aromatic nitrogens is 1. The number of aromatic carboxylic acids is 1. The number of halogens is 1. The minimum absolute atomic E-state index is 0.125. The Kier molecular flexibility index (Phi) is 4.10. The number of carboxylic acids is 1. The molecule has 0 radical (unpaired) electrons. The highest BCUT2D eigenvalue weighted by Gasteiger charge is 2.19. The zero-order valence-electron chi connectivity index (χ0n) is 10.9. The number of carboxylic acid groups (broad SMARTS) is 1. The molecule has 104 valence electrons. The SMILES string of the molecule is COc1ccc(-c2cnccc2C(=O)O)c(OC)c1Cl. The summed E-state index contributed by atoms with van der Waals surface area (Å²) in [6.07, 6.45) is 2.88. The maximum atomic E-state index is 11.3. The molecule has 2 aromatic rings. The van der Waals surface area contributed by atoms with Crippen molar-refractivity contribution in [2.75, 3.05) is 14.2 Å². The predicted molar refractivity (Wildman–Crippen MR) is 74.7 cm³/mol. The van der Waals surface area contributed by atoms with Gasteiger partial charge >= 0.3 is 5.97 Å². The molecule has 0 aliphatic rings. The van der Waals surface area contributed by atoms with E-state index in [-0.39, 0.29) is 10.6 Å². The Labute approximate surface area is 120 Å². The van der Waals surface area contributed by atoms with Crippen LogP contribution in [0.2, 0.25) is 5.02 Å². The third-order valence-electron chi connectivity index (χ3n) is 2.83. The van der Waals surface area contributed by atoms with Crippen molar-refractivity contribution in [3.05, 3.63) is 41.2 Å². The fourth-order valence-corrected chi connectivity index (χ4v) is 2.22. The summed E-state index contributed by atoms with van der Waals surface area (Å²) < 4.78 is 10.4. The van der Waals surface area contributed by atoms with Crippen LogP contribution in [0.5, 0.6) is 11.5 Å². The van der Waals surface area contributed by atoms with Crippen LogP contribution in [0, 0.1) is 0 Å². The number of hydrogen-bond acceptors (Lipinski definition) is 4. The first-order valence-electron chi connectivity index (χ1n) is 5.68. The smallest absolute Gasteiger partial charge is 0.336 e. The van der Waals surface area contributed by atoms with Gasteiger partial charge in [0.05, 0.1) is 19.8 Å². The van der Waals surface area contributed by atoms with E-state index in [0.717, 1.165) is 0 Å². The largest absolute Gasteiger partial charge is 0.495 e. The van der Waals surface area contributed by atoms with Crippen LogP contribution >= 0.6 is 11.6 Å². The number of hydrogen-bond donors (Lipinski definition) is 1. The highest BCUT2D eigenvalue weighted by Crippen LogP contribution is 2.42. The van der Waals surface area contributed by atoms with Gasteiger partial charge in [0.25, 0.3) is 0 Å². The summed E-state index contributed by atoms with van der Waals surface area (Å²) in [7, 11) is 2.95. The number of carbonyl (C=O) groups is 1. The van der Waals surface area contributed by atoms with Crippen LogP contribution in [-0.2, 0) is 0 Å². The minimum atomic E-state index is -1.05. The van der Waals surface area contributed by atoms with Crippen molar-refractivity contribution in [2.45, 2.75) is 0 Å². The lowest BCUT2D eigenvalue weighted by Crippen LogP contribution is -2.01. The van der Waals surface area contributed by atoms with Gasteiger partial charge in [0, 0.05) is 23.5 Å². The molecule has 0 bridgehead atoms. The predicted octanol–water partition coefficient (Wildman–Crippen LogP) is 3.12. The topological polar surface area (TPSA) is 68.7 Å². The summed E-state index contributed by atoms with van der Waals surface area (Å²) >= 11 is 6.18. The highest BCUT2D eigenvalue weighted by molar-refractivity contribution is 6.34. The van der Waals surface area contributed by atoms with Crippen LogP contribution in [0.1, 0.15) is 10.4 Å². The first kappa shape index (κ1) is 14.1. The number of rotatable bonds is 4. The molecule has 1 heterocycles. The third kappa shape index (κ3) is 2.40. The van der Waals surface area contributed by atoms with Gasteiger partial charge in [-0.15, -0.1) is 0 Å². The quantitative estimate of drug-likeness (QED) is 0.938. The van der Waals surface area contributed by atoms with Crippen molar-refractivity contribution in [1.82, 2.24) is 4.98 Å². The van der Waals surface area contributed by atoms with Gasteiger partial charge in [0.2, 0.25) is 0 Å². The van der Waals surface area contributed by atoms with E-state index in [4.69, 9.17) is 21.1 Å².